The van der Waals surface area contributed by atoms with Crippen LogP contribution in [0.5, 0.6) is 5.75 Å². The lowest BCUT2D eigenvalue weighted by Crippen LogP contribution is -2.45. The fourth-order valence-electron chi connectivity index (χ4n) is 5.93. The lowest BCUT2D eigenvalue weighted by molar-refractivity contribution is -0.0498. The van der Waals surface area contributed by atoms with Crippen LogP contribution in [0.2, 0.25) is 0 Å². The van der Waals surface area contributed by atoms with Crippen LogP contribution >= 0.6 is 0 Å². The van der Waals surface area contributed by atoms with E-state index in [1.54, 1.807) is 4.31 Å². The van der Waals surface area contributed by atoms with Crippen molar-refractivity contribution in [1.82, 2.24) is 9.21 Å². The van der Waals surface area contributed by atoms with Crippen LogP contribution in [0.1, 0.15) is 38.5 Å². The molecule has 1 aromatic carbocycles. The van der Waals surface area contributed by atoms with E-state index in [2.05, 4.69) is 9.64 Å². The number of piperidine rings is 1. The Balaban J connectivity index is 1.20. The fourth-order valence-corrected chi connectivity index (χ4v) is 7.37. The number of hydrogen-bond acceptors (Lipinski definition) is 5. The molecule has 4 aliphatic rings. The number of alkyl halides is 2. The Morgan fingerprint density at radius 2 is 1.83 bits per heavy atom. The van der Waals surface area contributed by atoms with Crippen LogP contribution in [-0.4, -0.2) is 68.7 Å². The minimum Gasteiger partial charge on any atom is -0.435 e. The molecular formula is C21H28F2N2O4S. The third kappa shape index (κ3) is 3.74. The van der Waals surface area contributed by atoms with Gasteiger partial charge < -0.3 is 9.47 Å². The molecule has 2 bridgehead atoms. The third-order valence-electron chi connectivity index (χ3n) is 7.56. The number of morpholine rings is 1. The molecule has 30 heavy (non-hydrogen) atoms. The average molecular weight is 443 g/mol. The number of hydrogen-bond donors (Lipinski definition) is 0. The van der Waals surface area contributed by atoms with E-state index >= 15 is 0 Å². The third-order valence-corrected chi connectivity index (χ3v) is 9.47. The molecule has 1 spiro atoms. The Morgan fingerprint density at radius 3 is 2.43 bits per heavy atom. The van der Waals surface area contributed by atoms with Gasteiger partial charge in [0.15, 0.2) is 0 Å². The molecule has 0 radical (unpaired) electrons. The molecule has 1 saturated carbocycles. The van der Waals surface area contributed by atoms with E-state index in [1.807, 2.05) is 0 Å². The van der Waals surface area contributed by atoms with Gasteiger partial charge in [-0.1, -0.05) is 0 Å². The van der Waals surface area contributed by atoms with Gasteiger partial charge in [-0.25, -0.2) is 8.42 Å². The normalized spacial score (nSPS) is 31.8. The summed E-state index contributed by atoms with van der Waals surface area (Å²) in [6, 6.07) is 6.42. The van der Waals surface area contributed by atoms with Gasteiger partial charge in [0.25, 0.3) is 0 Å². The van der Waals surface area contributed by atoms with Gasteiger partial charge in [0.1, 0.15) is 5.75 Å². The first-order valence-electron chi connectivity index (χ1n) is 10.8. The smallest absolute Gasteiger partial charge is 0.387 e. The van der Waals surface area contributed by atoms with Gasteiger partial charge in [0.05, 0.1) is 17.6 Å². The number of sulfonamides is 1. The van der Waals surface area contributed by atoms with Crippen molar-refractivity contribution in [3.63, 3.8) is 0 Å². The minimum atomic E-state index is -3.63. The zero-order valence-corrected chi connectivity index (χ0v) is 17.7. The highest BCUT2D eigenvalue weighted by Gasteiger charge is 2.49. The first-order valence-corrected chi connectivity index (χ1v) is 12.2. The quantitative estimate of drug-likeness (QED) is 0.702. The van der Waals surface area contributed by atoms with Crippen LogP contribution < -0.4 is 4.74 Å². The van der Waals surface area contributed by atoms with Crippen molar-refractivity contribution in [2.75, 3.05) is 26.2 Å². The maximum Gasteiger partial charge on any atom is 0.387 e. The van der Waals surface area contributed by atoms with Crippen LogP contribution in [0.3, 0.4) is 0 Å². The zero-order valence-electron chi connectivity index (χ0n) is 16.9. The predicted octanol–water partition coefficient (Wildman–Crippen LogP) is 3.08. The summed E-state index contributed by atoms with van der Waals surface area (Å²) in [5.41, 5.74) is 0.244. The SMILES string of the molecule is O=S(=O)(c1ccc(OC(F)F)cc1)N1CCC2(CC[C@H](N3C[C@H]4C[C@@H]3CO4)C2)CC1. The topological polar surface area (TPSA) is 59.1 Å². The van der Waals surface area contributed by atoms with Gasteiger partial charge >= 0.3 is 6.61 Å². The monoisotopic (exact) mass is 442 g/mol. The van der Waals surface area contributed by atoms with Crippen molar-refractivity contribution in [3.05, 3.63) is 24.3 Å². The van der Waals surface area contributed by atoms with Crippen LogP contribution in [0.4, 0.5) is 8.78 Å². The van der Waals surface area contributed by atoms with E-state index < -0.39 is 16.6 Å². The summed E-state index contributed by atoms with van der Waals surface area (Å²) in [4.78, 5) is 2.77. The van der Waals surface area contributed by atoms with Gasteiger partial charge in [-0.3, -0.25) is 4.90 Å². The van der Waals surface area contributed by atoms with Gasteiger partial charge in [0, 0.05) is 31.7 Å². The van der Waals surface area contributed by atoms with Gasteiger partial charge in [-0.2, -0.15) is 13.1 Å². The number of rotatable bonds is 5. The second-order valence-corrected chi connectivity index (χ2v) is 11.1. The summed E-state index contributed by atoms with van der Waals surface area (Å²) in [5.74, 6) is -0.0421. The highest BCUT2D eigenvalue weighted by atomic mass is 32.2. The molecule has 3 heterocycles. The number of ether oxygens (including phenoxy) is 2. The van der Waals surface area contributed by atoms with E-state index in [4.69, 9.17) is 4.74 Å². The second-order valence-electron chi connectivity index (χ2n) is 9.19. The standard InChI is InChI=1S/C21H28F2N2O4S/c22-20(23)29-17-1-3-19(4-2-17)30(26,27)24-9-7-21(8-10-24)6-5-15(12-21)25-13-18-11-16(25)14-28-18/h1-4,15-16,18,20H,5-14H2/t15-,16+,18+/m0/s1. The van der Waals surface area contributed by atoms with Gasteiger partial charge in [-0.05, 0) is 68.2 Å². The van der Waals surface area contributed by atoms with Crippen LogP contribution in [0.25, 0.3) is 0 Å². The molecule has 5 rings (SSSR count). The number of halogens is 2. The van der Waals surface area contributed by atoms with E-state index in [1.165, 1.54) is 37.1 Å². The van der Waals surface area contributed by atoms with Gasteiger partial charge in [-0.15, -0.1) is 0 Å². The van der Waals surface area contributed by atoms with Crippen molar-refractivity contribution < 1.29 is 26.7 Å². The van der Waals surface area contributed by atoms with E-state index in [0.717, 1.165) is 38.8 Å². The van der Waals surface area contributed by atoms with Crippen LogP contribution in [-0.2, 0) is 14.8 Å². The second kappa shape index (κ2) is 7.69. The highest BCUT2D eigenvalue weighted by molar-refractivity contribution is 7.89. The maximum atomic E-state index is 13.0. The number of likely N-dealkylation sites (tertiary alicyclic amines) is 1. The van der Waals surface area contributed by atoms with Crippen molar-refractivity contribution in [2.24, 2.45) is 5.41 Å². The number of fused-ring (bicyclic) bond motifs is 2. The first kappa shape index (κ1) is 20.6. The molecule has 166 valence electrons. The summed E-state index contributed by atoms with van der Waals surface area (Å²) in [6.07, 6.45) is 6.86. The molecule has 9 heteroatoms. The molecule has 0 unspecified atom stereocenters. The highest BCUT2D eigenvalue weighted by Crippen LogP contribution is 2.50. The molecule has 3 saturated heterocycles. The largest absolute Gasteiger partial charge is 0.435 e. The van der Waals surface area contributed by atoms with Crippen molar-refractivity contribution >= 4 is 10.0 Å². The molecule has 3 atom stereocenters. The Labute approximate surface area is 176 Å². The van der Waals surface area contributed by atoms with E-state index in [0.29, 0.717) is 31.3 Å². The fraction of sp³-hybridized carbons (Fsp3) is 0.714. The molecule has 1 aliphatic carbocycles. The summed E-state index contributed by atoms with van der Waals surface area (Å²) in [5, 5.41) is 0. The van der Waals surface area contributed by atoms with Crippen molar-refractivity contribution in [2.45, 2.75) is 68.2 Å². The Morgan fingerprint density at radius 1 is 1.10 bits per heavy atom. The molecule has 0 amide bonds. The van der Waals surface area contributed by atoms with Crippen LogP contribution in [0, 0.1) is 5.41 Å². The van der Waals surface area contributed by atoms with Crippen molar-refractivity contribution in [3.8, 4) is 5.75 Å². The Hall–Kier alpha value is -1.29. The molecule has 3 aliphatic heterocycles. The molecule has 6 nitrogen and oxygen atoms in total. The average Bonchev–Trinajstić information content (AvgIpc) is 3.44. The first-order chi connectivity index (χ1) is 14.3. The molecular weight excluding hydrogens is 414 g/mol. The maximum absolute atomic E-state index is 13.0. The molecule has 4 fully saturated rings. The number of nitrogens with zero attached hydrogens (tertiary/aromatic N) is 2. The minimum absolute atomic E-state index is 0.0421. The molecule has 1 aromatic rings. The lowest BCUT2D eigenvalue weighted by Gasteiger charge is -2.40. The summed E-state index contributed by atoms with van der Waals surface area (Å²) < 4.78 is 62.2. The Kier molecular flexibility index (Phi) is 5.28. The summed E-state index contributed by atoms with van der Waals surface area (Å²) in [6.45, 7) is 0.0154. The van der Waals surface area contributed by atoms with Crippen LogP contribution in [0.15, 0.2) is 29.2 Å². The Bertz CT molecular complexity index is 871. The predicted molar refractivity (Wildman–Crippen MR) is 106 cm³/mol. The van der Waals surface area contributed by atoms with Crippen molar-refractivity contribution in [1.29, 1.82) is 0 Å². The zero-order chi connectivity index (χ0) is 20.9. The van der Waals surface area contributed by atoms with E-state index in [-0.39, 0.29) is 16.1 Å². The van der Waals surface area contributed by atoms with Gasteiger partial charge in [0.2, 0.25) is 10.0 Å². The summed E-state index contributed by atoms with van der Waals surface area (Å²) in [7, 11) is -3.63. The van der Waals surface area contributed by atoms with E-state index in [9.17, 15) is 17.2 Å². The molecule has 0 N–H and O–H groups in total. The molecule has 0 aromatic heterocycles. The number of benzene rings is 1. The summed E-state index contributed by atoms with van der Waals surface area (Å²) >= 11 is 0. The lowest BCUT2D eigenvalue weighted by atomic mass is 9.77.